The van der Waals surface area contributed by atoms with E-state index in [1.165, 1.54) is 0 Å². The highest BCUT2D eigenvalue weighted by Gasteiger charge is 2.20. The first kappa shape index (κ1) is 18.8. The lowest BCUT2D eigenvalue weighted by molar-refractivity contribution is -0.116. The van der Waals surface area contributed by atoms with Gasteiger partial charge in [-0.25, -0.2) is 0 Å². The molecule has 6 nitrogen and oxygen atoms in total. The third-order valence-electron chi connectivity index (χ3n) is 4.19. The van der Waals surface area contributed by atoms with Crippen LogP contribution in [0.1, 0.15) is 17.3 Å². The Kier molecular flexibility index (Phi) is 6.03. The molecule has 0 spiro atoms. The number of ether oxygens (including phenoxy) is 3. The van der Waals surface area contributed by atoms with Crippen molar-refractivity contribution in [2.45, 2.75) is 12.5 Å². The zero-order chi connectivity index (χ0) is 19.2. The lowest BCUT2D eigenvalue weighted by Gasteiger charge is -2.18. The zero-order valence-electron chi connectivity index (χ0n) is 15.5. The van der Waals surface area contributed by atoms with Crippen molar-refractivity contribution in [3.63, 3.8) is 0 Å². The van der Waals surface area contributed by atoms with Gasteiger partial charge in [0.1, 0.15) is 0 Å². The van der Waals surface area contributed by atoms with Crippen LogP contribution in [0.3, 0.4) is 0 Å². The highest BCUT2D eigenvalue weighted by atomic mass is 32.1. The molecule has 0 saturated heterocycles. The molecular formula is C20H22N2O4S. The molecule has 7 heteroatoms. The van der Waals surface area contributed by atoms with Crippen molar-refractivity contribution in [2.24, 2.45) is 0 Å². The summed E-state index contributed by atoms with van der Waals surface area (Å²) >= 11 is 1.64. The van der Waals surface area contributed by atoms with Gasteiger partial charge in [0.25, 0.3) is 0 Å². The summed E-state index contributed by atoms with van der Waals surface area (Å²) in [5.41, 5.74) is 0.590. The molecule has 0 aliphatic rings. The number of nitrogens with one attached hydrogen (secondary N) is 1. The normalized spacial score (nSPS) is 11.7. The summed E-state index contributed by atoms with van der Waals surface area (Å²) in [6, 6.07) is 11.3. The number of hydrogen-bond donors (Lipinski definition) is 1. The van der Waals surface area contributed by atoms with E-state index in [1.54, 1.807) is 44.8 Å². The van der Waals surface area contributed by atoms with Crippen molar-refractivity contribution in [2.75, 3.05) is 26.6 Å². The molecule has 2 heterocycles. The van der Waals surface area contributed by atoms with Gasteiger partial charge in [0.15, 0.2) is 11.5 Å². The summed E-state index contributed by atoms with van der Waals surface area (Å²) in [5, 5.41) is 4.95. The molecule has 2 aromatic heterocycles. The Hall–Kier alpha value is -2.93. The predicted octanol–water partition coefficient (Wildman–Crippen LogP) is 4.19. The van der Waals surface area contributed by atoms with Gasteiger partial charge in [-0.3, -0.25) is 4.79 Å². The summed E-state index contributed by atoms with van der Waals surface area (Å²) in [5.74, 6) is 1.37. The van der Waals surface area contributed by atoms with Crippen molar-refractivity contribution < 1.29 is 19.0 Å². The average molecular weight is 386 g/mol. The second kappa shape index (κ2) is 8.64. The topological polar surface area (TPSA) is 61.7 Å². The van der Waals surface area contributed by atoms with Gasteiger partial charge < -0.3 is 24.1 Å². The molecule has 0 aliphatic heterocycles. The third kappa shape index (κ3) is 4.25. The number of thiophene rings is 1. The van der Waals surface area contributed by atoms with Crippen LogP contribution in [0.15, 0.2) is 54.2 Å². The first-order valence-electron chi connectivity index (χ1n) is 8.42. The standard InChI is InChI=1S/C20H22N2O4S/c1-24-16-11-14(12-17(25-2)20(16)26-3)21-19(23)13-15(18-7-6-10-27-18)22-8-4-5-9-22/h4-12,15H,13H2,1-3H3,(H,21,23)/t15-/m1/s1. The van der Waals surface area contributed by atoms with Crippen LogP contribution >= 0.6 is 11.3 Å². The highest BCUT2D eigenvalue weighted by molar-refractivity contribution is 7.10. The van der Waals surface area contributed by atoms with Crippen LogP contribution in [0.2, 0.25) is 0 Å². The SMILES string of the molecule is COc1cc(NC(=O)C[C@H](c2cccs2)n2cccc2)cc(OC)c1OC. The molecule has 0 radical (unpaired) electrons. The maximum absolute atomic E-state index is 12.7. The van der Waals surface area contributed by atoms with Crippen molar-refractivity contribution in [1.29, 1.82) is 0 Å². The quantitative estimate of drug-likeness (QED) is 0.630. The molecule has 1 amide bonds. The largest absolute Gasteiger partial charge is 0.493 e. The zero-order valence-corrected chi connectivity index (χ0v) is 16.3. The summed E-state index contributed by atoms with van der Waals surface area (Å²) < 4.78 is 18.0. The average Bonchev–Trinajstić information content (AvgIpc) is 3.39. The Bertz CT molecular complexity index is 816. The second-order valence-electron chi connectivity index (χ2n) is 5.83. The molecule has 27 heavy (non-hydrogen) atoms. The summed E-state index contributed by atoms with van der Waals surface area (Å²) in [7, 11) is 4.63. The predicted molar refractivity (Wildman–Crippen MR) is 106 cm³/mol. The molecule has 3 aromatic rings. The van der Waals surface area contributed by atoms with Crippen molar-refractivity contribution in [3.8, 4) is 17.2 Å². The third-order valence-corrected chi connectivity index (χ3v) is 5.16. The van der Waals surface area contributed by atoms with E-state index in [-0.39, 0.29) is 11.9 Å². The summed E-state index contributed by atoms with van der Waals surface area (Å²) in [6.45, 7) is 0. The number of nitrogens with zero attached hydrogens (tertiary/aromatic N) is 1. The highest BCUT2D eigenvalue weighted by Crippen LogP contribution is 2.40. The number of hydrogen-bond acceptors (Lipinski definition) is 5. The van der Waals surface area contributed by atoms with E-state index in [2.05, 4.69) is 5.32 Å². The van der Waals surface area contributed by atoms with E-state index >= 15 is 0 Å². The maximum atomic E-state index is 12.7. The molecule has 1 atom stereocenters. The van der Waals surface area contributed by atoms with Gasteiger partial charge in [-0.1, -0.05) is 6.07 Å². The molecule has 0 bridgehead atoms. The fourth-order valence-electron chi connectivity index (χ4n) is 2.93. The number of carbonyl (C=O) groups is 1. The molecule has 0 fully saturated rings. The molecule has 0 unspecified atom stereocenters. The van der Waals surface area contributed by atoms with Crippen LogP contribution in [0.5, 0.6) is 17.2 Å². The maximum Gasteiger partial charge on any atom is 0.226 e. The lowest BCUT2D eigenvalue weighted by Crippen LogP contribution is -2.19. The van der Waals surface area contributed by atoms with Gasteiger partial charge in [0, 0.05) is 35.1 Å². The van der Waals surface area contributed by atoms with Gasteiger partial charge >= 0.3 is 0 Å². The van der Waals surface area contributed by atoms with Gasteiger partial charge in [-0.15, -0.1) is 11.3 Å². The summed E-state index contributed by atoms with van der Waals surface area (Å²) in [4.78, 5) is 13.9. The Morgan fingerprint density at radius 1 is 1.07 bits per heavy atom. The van der Waals surface area contributed by atoms with E-state index in [0.717, 1.165) is 4.88 Å². The molecule has 0 saturated carbocycles. The van der Waals surface area contributed by atoms with Crippen LogP contribution in [-0.2, 0) is 4.79 Å². The Labute approximate surface area is 162 Å². The van der Waals surface area contributed by atoms with E-state index < -0.39 is 0 Å². The second-order valence-corrected chi connectivity index (χ2v) is 6.81. The number of anilines is 1. The Morgan fingerprint density at radius 2 is 1.74 bits per heavy atom. The first-order valence-corrected chi connectivity index (χ1v) is 9.30. The molecule has 142 valence electrons. The molecule has 3 rings (SSSR count). The monoisotopic (exact) mass is 386 g/mol. The number of benzene rings is 1. The van der Waals surface area contributed by atoms with Crippen LogP contribution in [0.25, 0.3) is 0 Å². The number of carbonyl (C=O) groups excluding carboxylic acids is 1. The lowest BCUT2D eigenvalue weighted by atomic mass is 10.1. The van der Waals surface area contributed by atoms with Crippen LogP contribution in [0.4, 0.5) is 5.69 Å². The van der Waals surface area contributed by atoms with Crippen LogP contribution < -0.4 is 19.5 Å². The smallest absolute Gasteiger partial charge is 0.226 e. The van der Waals surface area contributed by atoms with Crippen molar-refractivity contribution in [1.82, 2.24) is 4.57 Å². The number of aromatic nitrogens is 1. The minimum absolute atomic E-state index is 0.0537. The van der Waals surface area contributed by atoms with Crippen LogP contribution in [-0.4, -0.2) is 31.8 Å². The van der Waals surface area contributed by atoms with Crippen molar-refractivity contribution >= 4 is 22.9 Å². The number of methoxy groups -OCH3 is 3. The van der Waals surface area contributed by atoms with Gasteiger partial charge in [-0.05, 0) is 23.6 Å². The molecule has 0 aliphatic carbocycles. The first-order chi connectivity index (χ1) is 13.2. The fourth-order valence-corrected chi connectivity index (χ4v) is 3.76. The number of rotatable bonds is 8. The van der Waals surface area contributed by atoms with Crippen molar-refractivity contribution in [3.05, 3.63) is 59.0 Å². The van der Waals surface area contributed by atoms with E-state index in [9.17, 15) is 4.79 Å². The minimum Gasteiger partial charge on any atom is -0.493 e. The molecule has 1 aromatic carbocycles. The Balaban J connectivity index is 1.80. The molecular weight excluding hydrogens is 364 g/mol. The number of amides is 1. The van der Waals surface area contributed by atoms with Gasteiger partial charge in [0.2, 0.25) is 11.7 Å². The Morgan fingerprint density at radius 3 is 2.26 bits per heavy atom. The van der Waals surface area contributed by atoms with Gasteiger partial charge in [0.05, 0.1) is 33.8 Å². The summed E-state index contributed by atoms with van der Waals surface area (Å²) in [6.07, 6.45) is 4.25. The fraction of sp³-hybridized carbons (Fsp3) is 0.250. The van der Waals surface area contributed by atoms with Gasteiger partial charge in [-0.2, -0.15) is 0 Å². The van der Waals surface area contributed by atoms with E-state index in [0.29, 0.717) is 29.4 Å². The minimum atomic E-state index is -0.101. The van der Waals surface area contributed by atoms with E-state index in [1.807, 2.05) is 46.6 Å². The van der Waals surface area contributed by atoms with E-state index in [4.69, 9.17) is 14.2 Å². The van der Waals surface area contributed by atoms with Crippen LogP contribution in [0, 0.1) is 0 Å². The molecule has 1 N–H and O–H groups in total.